The first-order chi connectivity index (χ1) is 11.8. The molecule has 0 saturated carbocycles. The molecule has 6 heteroatoms. The van der Waals surface area contributed by atoms with E-state index in [1.165, 1.54) is 5.69 Å². The molecule has 6 nitrogen and oxygen atoms in total. The van der Waals surface area contributed by atoms with Crippen molar-refractivity contribution in [2.45, 2.75) is 38.0 Å². The third-order valence-corrected chi connectivity index (χ3v) is 4.89. The van der Waals surface area contributed by atoms with Crippen molar-refractivity contribution in [3.8, 4) is 5.69 Å². The molecule has 0 bridgehead atoms. The number of amides is 1. The lowest BCUT2D eigenvalue weighted by Gasteiger charge is -2.29. The Balaban J connectivity index is 1.49. The standard InChI is InChI=1S/C18H22N4O2/c19-10-15-6-7-17(24-15)18(23)21-9-8-16-13(12-21)11-20-22(16)14-4-2-1-3-5-14/h1-5,11,15,17H,6-10,12,19H2/t15-,17+/m0/s1. The van der Waals surface area contributed by atoms with Crippen LogP contribution >= 0.6 is 0 Å². The molecule has 2 N–H and O–H groups in total. The third kappa shape index (κ3) is 2.72. The number of para-hydroxylation sites is 1. The second-order valence-electron chi connectivity index (χ2n) is 6.43. The van der Waals surface area contributed by atoms with E-state index in [0.717, 1.165) is 30.5 Å². The van der Waals surface area contributed by atoms with E-state index in [2.05, 4.69) is 5.10 Å². The maximum Gasteiger partial charge on any atom is 0.252 e. The Kier molecular flexibility index (Phi) is 4.08. The first-order valence-corrected chi connectivity index (χ1v) is 8.52. The summed E-state index contributed by atoms with van der Waals surface area (Å²) in [5.41, 5.74) is 9.00. The van der Waals surface area contributed by atoms with Crippen LogP contribution in [0.15, 0.2) is 36.5 Å². The van der Waals surface area contributed by atoms with Crippen LogP contribution in [0.4, 0.5) is 0 Å². The number of hydrogen-bond acceptors (Lipinski definition) is 4. The number of aromatic nitrogens is 2. The van der Waals surface area contributed by atoms with Crippen molar-refractivity contribution < 1.29 is 9.53 Å². The predicted molar refractivity (Wildman–Crippen MR) is 89.6 cm³/mol. The minimum Gasteiger partial charge on any atom is -0.364 e. The zero-order valence-electron chi connectivity index (χ0n) is 13.6. The van der Waals surface area contributed by atoms with Crippen LogP contribution in [0.1, 0.15) is 24.1 Å². The molecule has 1 amide bonds. The molecule has 1 saturated heterocycles. The molecular weight excluding hydrogens is 304 g/mol. The van der Waals surface area contributed by atoms with E-state index in [-0.39, 0.29) is 18.1 Å². The lowest BCUT2D eigenvalue weighted by Crippen LogP contribution is -2.42. The van der Waals surface area contributed by atoms with Gasteiger partial charge in [0.2, 0.25) is 0 Å². The van der Waals surface area contributed by atoms with Crippen molar-refractivity contribution in [1.29, 1.82) is 0 Å². The van der Waals surface area contributed by atoms with Crippen molar-refractivity contribution in [2.75, 3.05) is 13.1 Å². The minimum absolute atomic E-state index is 0.0279. The van der Waals surface area contributed by atoms with Gasteiger partial charge >= 0.3 is 0 Å². The molecule has 3 heterocycles. The van der Waals surface area contributed by atoms with Gasteiger partial charge in [0, 0.05) is 31.6 Å². The molecule has 1 aromatic heterocycles. The maximum atomic E-state index is 12.7. The van der Waals surface area contributed by atoms with Crippen LogP contribution in [0.2, 0.25) is 0 Å². The van der Waals surface area contributed by atoms with E-state index < -0.39 is 0 Å². The SMILES string of the molecule is NC[C@@H]1CC[C@H](C(=O)N2CCc3c(cnn3-c3ccccc3)C2)O1. The summed E-state index contributed by atoms with van der Waals surface area (Å²) < 4.78 is 7.73. The number of fused-ring (bicyclic) bond motifs is 1. The van der Waals surface area contributed by atoms with Gasteiger partial charge in [0.15, 0.2) is 0 Å². The van der Waals surface area contributed by atoms with Crippen molar-refractivity contribution in [1.82, 2.24) is 14.7 Å². The van der Waals surface area contributed by atoms with E-state index in [4.69, 9.17) is 10.5 Å². The van der Waals surface area contributed by atoms with Crippen LogP contribution in [0, 0.1) is 0 Å². The second kappa shape index (κ2) is 6.37. The minimum atomic E-state index is -0.329. The number of carbonyl (C=O) groups is 1. The van der Waals surface area contributed by atoms with E-state index in [1.807, 2.05) is 46.1 Å². The van der Waals surface area contributed by atoms with Gasteiger partial charge in [-0.1, -0.05) is 18.2 Å². The van der Waals surface area contributed by atoms with Gasteiger partial charge < -0.3 is 15.4 Å². The summed E-state index contributed by atoms with van der Waals surface area (Å²) in [6.45, 7) is 1.80. The molecule has 0 spiro atoms. The summed E-state index contributed by atoms with van der Waals surface area (Å²) in [6.07, 6.45) is 4.03. The zero-order valence-corrected chi connectivity index (χ0v) is 13.6. The van der Waals surface area contributed by atoms with E-state index in [0.29, 0.717) is 19.6 Å². The molecule has 2 atom stereocenters. The Morgan fingerprint density at radius 1 is 1.29 bits per heavy atom. The molecule has 2 aliphatic heterocycles. The van der Waals surface area contributed by atoms with Gasteiger partial charge in [-0.3, -0.25) is 4.79 Å². The third-order valence-electron chi connectivity index (χ3n) is 4.89. The van der Waals surface area contributed by atoms with Crippen molar-refractivity contribution in [3.63, 3.8) is 0 Å². The Labute approximate surface area is 141 Å². The molecule has 0 unspecified atom stereocenters. The number of ether oxygens (including phenoxy) is 1. The molecule has 24 heavy (non-hydrogen) atoms. The predicted octanol–water partition coefficient (Wildman–Crippen LogP) is 1.26. The molecule has 0 aliphatic carbocycles. The van der Waals surface area contributed by atoms with Gasteiger partial charge in [-0.25, -0.2) is 4.68 Å². The van der Waals surface area contributed by atoms with Crippen molar-refractivity contribution >= 4 is 5.91 Å². The van der Waals surface area contributed by atoms with Gasteiger partial charge in [-0.05, 0) is 25.0 Å². The lowest BCUT2D eigenvalue weighted by atomic mass is 10.1. The largest absolute Gasteiger partial charge is 0.364 e. The molecular formula is C18H22N4O2. The summed E-state index contributed by atoms with van der Waals surface area (Å²) in [7, 11) is 0. The summed E-state index contributed by atoms with van der Waals surface area (Å²) in [4.78, 5) is 14.6. The molecule has 4 rings (SSSR count). The average molecular weight is 326 g/mol. The van der Waals surface area contributed by atoms with Crippen LogP contribution in [0.25, 0.3) is 5.69 Å². The first-order valence-electron chi connectivity index (χ1n) is 8.52. The van der Waals surface area contributed by atoms with Gasteiger partial charge in [0.25, 0.3) is 5.91 Å². The Morgan fingerprint density at radius 3 is 2.88 bits per heavy atom. The van der Waals surface area contributed by atoms with Gasteiger partial charge in [-0.2, -0.15) is 5.10 Å². The molecule has 2 aromatic rings. The summed E-state index contributed by atoms with van der Waals surface area (Å²) in [5.74, 6) is 0.0871. The van der Waals surface area contributed by atoms with Gasteiger partial charge in [0.05, 0.1) is 23.7 Å². The molecule has 1 aromatic carbocycles. The second-order valence-corrected chi connectivity index (χ2v) is 6.43. The van der Waals surface area contributed by atoms with Crippen LogP contribution in [0.5, 0.6) is 0 Å². The Morgan fingerprint density at radius 2 is 2.12 bits per heavy atom. The van der Waals surface area contributed by atoms with Crippen LogP contribution in [-0.4, -0.2) is 45.9 Å². The highest BCUT2D eigenvalue weighted by molar-refractivity contribution is 5.81. The van der Waals surface area contributed by atoms with Gasteiger partial charge in [0.1, 0.15) is 6.10 Å². The van der Waals surface area contributed by atoms with Gasteiger partial charge in [-0.15, -0.1) is 0 Å². The number of carbonyl (C=O) groups excluding carboxylic acids is 1. The maximum absolute atomic E-state index is 12.7. The van der Waals surface area contributed by atoms with E-state index in [9.17, 15) is 4.79 Å². The average Bonchev–Trinajstić information content (AvgIpc) is 3.28. The fourth-order valence-corrected chi connectivity index (χ4v) is 3.58. The number of benzene rings is 1. The number of hydrogen-bond donors (Lipinski definition) is 1. The Bertz CT molecular complexity index is 728. The number of rotatable bonds is 3. The number of nitrogens with zero attached hydrogens (tertiary/aromatic N) is 3. The summed E-state index contributed by atoms with van der Waals surface area (Å²) >= 11 is 0. The lowest BCUT2D eigenvalue weighted by molar-refractivity contribution is -0.143. The topological polar surface area (TPSA) is 73.4 Å². The smallest absolute Gasteiger partial charge is 0.252 e. The fraction of sp³-hybridized carbons (Fsp3) is 0.444. The summed E-state index contributed by atoms with van der Waals surface area (Å²) in [6, 6.07) is 10.1. The molecule has 126 valence electrons. The quantitative estimate of drug-likeness (QED) is 0.922. The highest BCUT2D eigenvalue weighted by atomic mass is 16.5. The highest BCUT2D eigenvalue weighted by Crippen LogP contribution is 2.25. The summed E-state index contributed by atoms with van der Waals surface area (Å²) in [5, 5.41) is 4.52. The zero-order chi connectivity index (χ0) is 16.5. The Hall–Kier alpha value is -2.18. The molecule has 0 radical (unpaired) electrons. The van der Waals surface area contributed by atoms with Crippen LogP contribution in [-0.2, 0) is 22.5 Å². The van der Waals surface area contributed by atoms with Crippen LogP contribution in [0.3, 0.4) is 0 Å². The highest BCUT2D eigenvalue weighted by Gasteiger charge is 2.34. The normalized spacial score (nSPS) is 23.3. The molecule has 2 aliphatic rings. The number of nitrogens with two attached hydrogens (primary N) is 1. The fourth-order valence-electron chi connectivity index (χ4n) is 3.58. The van der Waals surface area contributed by atoms with E-state index >= 15 is 0 Å². The monoisotopic (exact) mass is 326 g/mol. The van der Waals surface area contributed by atoms with E-state index in [1.54, 1.807) is 0 Å². The van der Waals surface area contributed by atoms with Crippen molar-refractivity contribution in [3.05, 3.63) is 47.8 Å². The van der Waals surface area contributed by atoms with Crippen LogP contribution < -0.4 is 5.73 Å². The van der Waals surface area contributed by atoms with Crippen molar-refractivity contribution in [2.24, 2.45) is 5.73 Å². The first kappa shape index (κ1) is 15.4. The molecule has 1 fully saturated rings.